The first kappa shape index (κ1) is 18.0. The minimum Gasteiger partial charge on any atom is -0.410 e. The van der Waals surface area contributed by atoms with Gasteiger partial charge in [0.25, 0.3) is 11.1 Å². The molecule has 0 fully saturated rings. The quantitative estimate of drug-likeness (QED) is 0.473. The molecule has 4 aromatic rings. The van der Waals surface area contributed by atoms with E-state index in [1.807, 2.05) is 24.4 Å². The molecule has 0 amide bonds. The predicted molar refractivity (Wildman–Crippen MR) is 103 cm³/mol. The van der Waals surface area contributed by atoms with Gasteiger partial charge in [-0.15, -0.1) is 10.2 Å². The van der Waals surface area contributed by atoms with E-state index in [9.17, 15) is 4.39 Å². The van der Waals surface area contributed by atoms with Crippen molar-refractivity contribution >= 4 is 34.3 Å². The highest BCUT2D eigenvalue weighted by molar-refractivity contribution is 7.98. The molecule has 0 bridgehead atoms. The number of benzene rings is 2. The number of para-hydroxylation sites is 1. The first-order valence-electron chi connectivity index (χ1n) is 8.39. The maximum atomic E-state index is 13.8. The number of aromatic amines is 1. The maximum Gasteiger partial charge on any atom is 0.277 e. The number of fused-ring (bicyclic) bond motifs is 1. The number of aromatic nitrogens is 3. The van der Waals surface area contributed by atoms with Crippen LogP contribution in [0.1, 0.15) is 23.1 Å². The Morgan fingerprint density at radius 2 is 2.04 bits per heavy atom. The minimum absolute atomic E-state index is 0.178. The molecule has 2 aromatic carbocycles. The summed E-state index contributed by atoms with van der Waals surface area (Å²) in [4.78, 5) is 3.25. The van der Waals surface area contributed by atoms with Crippen LogP contribution in [0.5, 0.6) is 0 Å². The SMILES string of the molecule is [NH3+]C(Cc1c[nH]c2ccccc12)c1nnc(SCc2c(F)cccc2Cl)o1. The van der Waals surface area contributed by atoms with Crippen molar-refractivity contribution in [2.45, 2.75) is 23.4 Å². The van der Waals surface area contributed by atoms with Crippen LogP contribution in [-0.2, 0) is 12.2 Å². The highest BCUT2D eigenvalue weighted by atomic mass is 35.5. The molecule has 5 nitrogen and oxygen atoms in total. The number of hydrogen-bond acceptors (Lipinski definition) is 4. The van der Waals surface area contributed by atoms with Crippen LogP contribution < -0.4 is 5.73 Å². The van der Waals surface area contributed by atoms with Crippen molar-refractivity contribution in [2.75, 3.05) is 0 Å². The van der Waals surface area contributed by atoms with Crippen LogP contribution in [0.3, 0.4) is 0 Å². The molecule has 2 heterocycles. The van der Waals surface area contributed by atoms with Gasteiger partial charge in [-0.05, 0) is 23.8 Å². The van der Waals surface area contributed by atoms with Crippen LogP contribution in [0.25, 0.3) is 10.9 Å². The Morgan fingerprint density at radius 3 is 2.89 bits per heavy atom. The van der Waals surface area contributed by atoms with Crippen LogP contribution >= 0.6 is 23.4 Å². The summed E-state index contributed by atoms with van der Waals surface area (Å²) in [5.74, 6) is 0.434. The number of rotatable bonds is 6. The van der Waals surface area contributed by atoms with E-state index in [4.69, 9.17) is 16.0 Å². The second kappa shape index (κ2) is 7.72. The Kier molecular flexibility index (Phi) is 5.15. The summed E-state index contributed by atoms with van der Waals surface area (Å²) in [5, 5.41) is 10.1. The molecule has 1 atom stereocenters. The van der Waals surface area contributed by atoms with Gasteiger partial charge in [-0.2, -0.15) is 0 Å². The Morgan fingerprint density at radius 1 is 1.19 bits per heavy atom. The van der Waals surface area contributed by atoms with E-state index >= 15 is 0 Å². The molecule has 138 valence electrons. The fourth-order valence-corrected chi connectivity index (χ4v) is 4.01. The van der Waals surface area contributed by atoms with Crippen molar-refractivity contribution in [3.63, 3.8) is 0 Å². The van der Waals surface area contributed by atoms with Crippen LogP contribution in [0.15, 0.2) is 58.3 Å². The smallest absolute Gasteiger partial charge is 0.277 e. The molecule has 0 aliphatic carbocycles. The van der Waals surface area contributed by atoms with Crippen molar-refractivity contribution in [1.29, 1.82) is 0 Å². The lowest BCUT2D eigenvalue weighted by Crippen LogP contribution is -2.54. The van der Waals surface area contributed by atoms with Crippen LogP contribution in [0.2, 0.25) is 5.02 Å². The summed E-state index contributed by atoms with van der Waals surface area (Å²) in [6.45, 7) is 0. The molecule has 27 heavy (non-hydrogen) atoms. The molecule has 8 heteroatoms. The Labute approximate surface area is 164 Å². The summed E-state index contributed by atoms with van der Waals surface area (Å²) in [7, 11) is 0. The van der Waals surface area contributed by atoms with Crippen LogP contribution in [-0.4, -0.2) is 15.2 Å². The van der Waals surface area contributed by atoms with Crippen LogP contribution in [0, 0.1) is 5.82 Å². The number of thioether (sulfide) groups is 1. The second-order valence-electron chi connectivity index (χ2n) is 6.16. The number of nitrogens with one attached hydrogen (secondary N) is 1. The molecule has 2 aromatic heterocycles. The highest BCUT2D eigenvalue weighted by Crippen LogP contribution is 2.29. The van der Waals surface area contributed by atoms with Crippen molar-refractivity contribution < 1.29 is 14.5 Å². The summed E-state index contributed by atoms with van der Waals surface area (Å²) in [6, 6.07) is 12.5. The van der Waals surface area contributed by atoms with Gasteiger partial charge < -0.3 is 15.1 Å². The fourth-order valence-electron chi connectivity index (χ4n) is 2.90. The van der Waals surface area contributed by atoms with Crippen LogP contribution in [0.4, 0.5) is 4.39 Å². The summed E-state index contributed by atoms with van der Waals surface area (Å²) < 4.78 is 19.6. The second-order valence-corrected chi connectivity index (χ2v) is 7.49. The molecule has 4 rings (SSSR count). The van der Waals surface area contributed by atoms with E-state index < -0.39 is 0 Å². The number of nitrogens with zero attached hydrogens (tertiary/aromatic N) is 2. The first-order chi connectivity index (χ1) is 13.1. The predicted octanol–water partition coefficient (Wildman–Crippen LogP) is 4.16. The van der Waals surface area contributed by atoms with Crippen molar-refractivity contribution in [1.82, 2.24) is 15.2 Å². The van der Waals surface area contributed by atoms with Gasteiger partial charge in [-0.3, -0.25) is 0 Å². The molecular weight excluding hydrogens is 387 g/mol. The number of quaternary nitrogens is 1. The van der Waals surface area contributed by atoms with Crippen molar-refractivity contribution in [3.8, 4) is 0 Å². The lowest BCUT2D eigenvalue weighted by Gasteiger charge is -2.04. The summed E-state index contributed by atoms with van der Waals surface area (Å²) >= 11 is 7.30. The molecule has 0 saturated heterocycles. The summed E-state index contributed by atoms with van der Waals surface area (Å²) in [6.07, 6.45) is 2.66. The fraction of sp³-hybridized carbons (Fsp3) is 0.158. The number of hydrogen-bond donors (Lipinski definition) is 2. The Balaban J connectivity index is 1.44. The van der Waals surface area contributed by atoms with Gasteiger partial charge in [0.2, 0.25) is 0 Å². The molecule has 0 spiro atoms. The first-order valence-corrected chi connectivity index (χ1v) is 9.75. The average molecular weight is 404 g/mol. The lowest BCUT2D eigenvalue weighted by molar-refractivity contribution is -0.431. The molecule has 1 unspecified atom stereocenters. The zero-order valence-corrected chi connectivity index (χ0v) is 15.9. The van der Waals surface area contributed by atoms with E-state index in [1.165, 1.54) is 17.8 Å². The molecule has 0 radical (unpaired) electrons. The minimum atomic E-state index is -0.343. The maximum absolute atomic E-state index is 13.8. The van der Waals surface area contributed by atoms with Gasteiger partial charge in [-0.25, -0.2) is 4.39 Å². The van der Waals surface area contributed by atoms with Gasteiger partial charge in [0.15, 0.2) is 6.04 Å². The van der Waals surface area contributed by atoms with Gasteiger partial charge in [0.1, 0.15) is 5.82 Å². The lowest BCUT2D eigenvalue weighted by atomic mass is 10.1. The normalized spacial score (nSPS) is 12.6. The number of H-pyrrole nitrogens is 1. The molecule has 0 aliphatic rings. The average Bonchev–Trinajstić information content (AvgIpc) is 3.29. The van der Waals surface area contributed by atoms with Gasteiger partial charge in [-0.1, -0.05) is 47.6 Å². The third-order valence-electron chi connectivity index (χ3n) is 4.31. The molecule has 4 N–H and O–H groups in total. The van der Waals surface area contributed by atoms with Crippen molar-refractivity contribution in [3.05, 3.63) is 76.5 Å². The third-order valence-corrected chi connectivity index (χ3v) is 5.51. The zero-order chi connectivity index (χ0) is 18.8. The third kappa shape index (κ3) is 3.85. The molecular formula is C19H17ClFN4OS+. The summed E-state index contributed by atoms with van der Waals surface area (Å²) in [5.41, 5.74) is 6.81. The largest absolute Gasteiger partial charge is 0.410 e. The van der Waals surface area contributed by atoms with E-state index in [0.717, 1.165) is 16.5 Å². The van der Waals surface area contributed by atoms with E-state index in [2.05, 4.69) is 27.0 Å². The van der Waals surface area contributed by atoms with Gasteiger partial charge in [0, 0.05) is 39.9 Å². The molecule has 0 aliphatic heterocycles. The Hall–Kier alpha value is -2.35. The standard InChI is InChI=1S/C19H16ClFN4OS/c20-14-5-3-6-15(21)13(14)10-27-19-25-24-18(26-19)16(22)8-11-9-23-17-7-2-1-4-12(11)17/h1-7,9,16,23H,8,10,22H2/p+1. The van der Waals surface area contributed by atoms with E-state index in [0.29, 0.717) is 33.9 Å². The van der Waals surface area contributed by atoms with Gasteiger partial charge in [0.05, 0.1) is 0 Å². The van der Waals surface area contributed by atoms with Gasteiger partial charge >= 0.3 is 0 Å². The molecule has 0 saturated carbocycles. The van der Waals surface area contributed by atoms with E-state index in [1.54, 1.807) is 12.1 Å². The number of halogens is 2. The Bertz CT molecular complexity index is 1060. The topological polar surface area (TPSA) is 82.4 Å². The monoisotopic (exact) mass is 403 g/mol. The van der Waals surface area contributed by atoms with E-state index in [-0.39, 0.29) is 11.9 Å². The highest BCUT2D eigenvalue weighted by Gasteiger charge is 2.20. The van der Waals surface area contributed by atoms with Crippen molar-refractivity contribution in [2.24, 2.45) is 0 Å². The zero-order valence-electron chi connectivity index (χ0n) is 14.3.